The number of benzene rings is 1. The number of hydrogen-bond donors (Lipinski definition) is 0. The van der Waals surface area contributed by atoms with E-state index < -0.39 is 0 Å². The van der Waals surface area contributed by atoms with Crippen LogP contribution in [-0.2, 0) is 7.05 Å². The van der Waals surface area contributed by atoms with Gasteiger partial charge in [-0.1, -0.05) is 15.9 Å². The van der Waals surface area contributed by atoms with Crippen LogP contribution in [0.3, 0.4) is 0 Å². The van der Waals surface area contributed by atoms with E-state index in [-0.39, 0.29) is 11.1 Å². The molecule has 2 rings (SSSR count). The highest BCUT2D eigenvalue weighted by molar-refractivity contribution is 9.10. The lowest BCUT2D eigenvalue weighted by Gasteiger charge is -1.96. The summed E-state index contributed by atoms with van der Waals surface area (Å²) in [4.78, 5) is 3.89. The lowest BCUT2D eigenvalue weighted by molar-refractivity contribution is 0.636. The molecule has 0 spiro atoms. The van der Waals surface area contributed by atoms with Gasteiger partial charge in [0.2, 0.25) is 5.28 Å². The van der Waals surface area contributed by atoms with Crippen molar-refractivity contribution in [2.75, 3.05) is 0 Å². The average molecular weight is 263 g/mol. The highest BCUT2D eigenvalue weighted by atomic mass is 79.9. The van der Waals surface area contributed by atoms with Crippen molar-refractivity contribution in [1.29, 1.82) is 0 Å². The van der Waals surface area contributed by atoms with Gasteiger partial charge in [-0.25, -0.2) is 9.37 Å². The van der Waals surface area contributed by atoms with Gasteiger partial charge in [-0.15, -0.1) is 0 Å². The summed E-state index contributed by atoms with van der Waals surface area (Å²) in [5.74, 6) is -0.369. The monoisotopic (exact) mass is 262 g/mol. The minimum atomic E-state index is -0.369. The molecule has 1 heterocycles. The van der Waals surface area contributed by atoms with Crippen LogP contribution in [0.25, 0.3) is 11.0 Å². The maximum Gasteiger partial charge on any atom is 0.203 e. The van der Waals surface area contributed by atoms with Gasteiger partial charge in [0.05, 0.1) is 5.52 Å². The van der Waals surface area contributed by atoms with E-state index in [1.807, 2.05) is 0 Å². The molecule has 0 fully saturated rings. The molecule has 0 aliphatic heterocycles. The molecule has 5 heteroatoms. The Morgan fingerprint density at radius 1 is 1.54 bits per heavy atom. The Kier molecular flexibility index (Phi) is 2.04. The molecule has 0 saturated carbocycles. The number of hydrogen-bond acceptors (Lipinski definition) is 1. The van der Waals surface area contributed by atoms with Crippen molar-refractivity contribution >= 4 is 38.6 Å². The quantitative estimate of drug-likeness (QED) is 0.714. The van der Waals surface area contributed by atoms with E-state index in [1.165, 1.54) is 6.07 Å². The lowest BCUT2D eigenvalue weighted by Crippen LogP contribution is -1.86. The second-order valence-corrected chi connectivity index (χ2v) is 3.95. The first kappa shape index (κ1) is 8.97. The highest BCUT2D eigenvalue weighted by Gasteiger charge is 2.10. The molecular formula is C8H5BrClFN2. The van der Waals surface area contributed by atoms with E-state index in [0.29, 0.717) is 15.5 Å². The molecule has 0 aliphatic carbocycles. The van der Waals surface area contributed by atoms with Crippen LogP contribution in [0.1, 0.15) is 0 Å². The fourth-order valence-electron chi connectivity index (χ4n) is 1.19. The molecule has 0 radical (unpaired) electrons. The number of rotatable bonds is 0. The fourth-order valence-corrected chi connectivity index (χ4v) is 1.78. The van der Waals surface area contributed by atoms with E-state index in [2.05, 4.69) is 20.9 Å². The molecule has 0 atom stereocenters. The van der Waals surface area contributed by atoms with Crippen LogP contribution in [-0.4, -0.2) is 9.55 Å². The van der Waals surface area contributed by atoms with E-state index in [9.17, 15) is 4.39 Å². The molecule has 0 bridgehead atoms. The fraction of sp³-hybridized carbons (Fsp3) is 0.125. The van der Waals surface area contributed by atoms with E-state index >= 15 is 0 Å². The van der Waals surface area contributed by atoms with Crippen LogP contribution in [0.2, 0.25) is 5.28 Å². The van der Waals surface area contributed by atoms with Crippen molar-refractivity contribution in [2.24, 2.45) is 7.05 Å². The van der Waals surface area contributed by atoms with Gasteiger partial charge in [-0.3, -0.25) is 0 Å². The maximum atomic E-state index is 13.3. The van der Waals surface area contributed by atoms with Gasteiger partial charge in [0.15, 0.2) is 5.82 Å². The van der Waals surface area contributed by atoms with Gasteiger partial charge in [0, 0.05) is 11.5 Å². The van der Waals surface area contributed by atoms with Crippen LogP contribution < -0.4 is 0 Å². The van der Waals surface area contributed by atoms with Crippen molar-refractivity contribution < 1.29 is 4.39 Å². The molecule has 0 N–H and O–H groups in total. The molecule has 0 saturated heterocycles. The SMILES string of the molecule is Cn1c(Cl)nc2c(F)cc(Br)cc21. The zero-order valence-corrected chi connectivity index (χ0v) is 9.02. The first-order valence-corrected chi connectivity index (χ1v) is 4.73. The van der Waals surface area contributed by atoms with Crippen molar-refractivity contribution in [3.63, 3.8) is 0 Å². The third-order valence-electron chi connectivity index (χ3n) is 1.85. The summed E-state index contributed by atoms with van der Waals surface area (Å²) in [6.45, 7) is 0. The summed E-state index contributed by atoms with van der Waals surface area (Å²) < 4.78 is 15.6. The van der Waals surface area contributed by atoms with E-state index in [0.717, 1.165) is 0 Å². The van der Waals surface area contributed by atoms with Crippen LogP contribution in [0, 0.1) is 5.82 Å². The Bertz CT molecular complexity index is 480. The first-order chi connectivity index (χ1) is 6.09. The first-order valence-electron chi connectivity index (χ1n) is 3.56. The number of imidazole rings is 1. The Hall–Kier alpha value is -0.610. The third-order valence-corrected chi connectivity index (χ3v) is 2.65. The number of aromatic nitrogens is 2. The van der Waals surface area contributed by atoms with Crippen molar-refractivity contribution in [2.45, 2.75) is 0 Å². The molecule has 0 amide bonds. The normalized spacial score (nSPS) is 11.1. The number of nitrogens with zero attached hydrogens (tertiary/aromatic N) is 2. The smallest absolute Gasteiger partial charge is 0.203 e. The topological polar surface area (TPSA) is 17.8 Å². The van der Waals surface area contributed by atoms with Gasteiger partial charge in [-0.05, 0) is 23.7 Å². The van der Waals surface area contributed by atoms with Gasteiger partial charge >= 0.3 is 0 Å². The van der Waals surface area contributed by atoms with Crippen molar-refractivity contribution in [3.8, 4) is 0 Å². The highest BCUT2D eigenvalue weighted by Crippen LogP contribution is 2.24. The molecule has 2 aromatic rings. The van der Waals surface area contributed by atoms with Gasteiger partial charge < -0.3 is 4.57 Å². The molecule has 1 aromatic carbocycles. The molecule has 68 valence electrons. The summed E-state index contributed by atoms with van der Waals surface area (Å²) in [6, 6.07) is 3.14. The minimum Gasteiger partial charge on any atom is -0.318 e. The summed E-state index contributed by atoms with van der Waals surface area (Å²) in [7, 11) is 1.74. The number of fused-ring (bicyclic) bond motifs is 1. The van der Waals surface area contributed by atoms with Crippen molar-refractivity contribution in [3.05, 3.63) is 27.7 Å². The van der Waals surface area contributed by atoms with Gasteiger partial charge in [-0.2, -0.15) is 0 Å². The molecular weight excluding hydrogens is 258 g/mol. The Morgan fingerprint density at radius 2 is 2.23 bits per heavy atom. The van der Waals surface area contributed by atoms with E-state index in [4.69, 9.17) is 11.6 Å². The largest absolute Gasteiger partial charge is 0.318 e. The lowest BCUT2D eigenvalue weighted by atomic mass is 10.3. The van der Waals surface area contributed by atoms with E-state index in [1.54, 1.807) is 17.7 Å². The maximum absolute atomic E-state index is 13.3. The summed E-state index contributed by atoms with van der Waals surface area (Å²) in [5, 5.41) is 0.284. The second kappa shape index (κ2) is 2.96. The molecule has 13 heavy (non-hydrogen) atoms. The van der Waals surface area contributed by atoms with Crippen LogP contribution in [0.15, 0.2) is 16.6 Å². The van der Waals surface area contributed by atoms with Crippen LogP contribution in [0.4, 0.5) is 4.39 Å². The number of halogens is 3. The predicted molar refractivity (Wildman–Crippen MR) is 53.4 cm³/mol. The van der Waals surface area contributed by atoms with Gasteiger partial charge in [0.25, 0.3) is 0 Å². The summed E-state index contributed by atoms with van der Waals surface area (Å²) >= 11 is 8.95. The number of aryl methyl sites for hydroxylation is 1. The Labute approximate surface area is 87.5 Å². The minimum absolute atomic E-state index is 0.284. The molecule has 0 unspecified atom stereocenters. The summed E-state index contributed by atoms with van der Waals surface area (Å²) in [6.07, 6.45) is 0. The average Bonchev–Trinajstić information content (AvgIpc) is 2.32. The summed E-state index contributed by atoms with van der Waals surface area (Å²) in [5.41, 5.74) is 0.979. The molecule has 0 aliphatic rings. The standard InChI is InChI=1S/C8H5BrClFN2/c1-13-6-3-4(9)2-5(11)7(6)12-8(13)10/h2-3H,1H3. The second-order valence-electron chi connectivity index (χ2n) is 2.70. The third kappa shape index (κ3) is 1.34. The van der Waals surface area contributed by atoms with Crippen LogP contribution in [0.5, 0.6) is 0 Å². The molecule has 2 nitrogen and oxygen atoms in total. The van der Waals surface area contributed by atoms with Crippen molar-refractivity contribution in [1.82, 2.24) is 9.55 Å². The Morgan fingerprint density at radius 3 is 2.92 bits per heavy atom. The van der Waals surface area contributed by atoms with Crippen LogP contribution >= 0.6 is 27.5 Å². The predicted octanol–water partition coefficient (Wildman–Crippen LogP) is 3.13. The molecule has 1 aromatic heterocycles. The zero-order chi connectivity index (χ0) is 9.59. The van der Waals surface area contributed by atoms with Gasteiger partial charge in [0.1, 0.15) is 5.52 Å². The zero-order valence-electron chi connectivity index (χ0n) is 6.68. The Balaban J connectivity index is 2.94.